The second-order valence-corrected chi connectivity index (χ2v) is 7.03. The molecule has 2 aromatic rings. The quantitative estimate of drug-likeness (QED) is 0.454. The molecule has 0 aliphatic rings. The third-order valence-electron chi connectivity index (χ3n) is 4.52. The van der Waals surface area contributed by atoms with Crippen LogP contribution in [0.1, 0.15) is 61.8 Å². The Labute approximate surface area is 160 Å². The number of benzene rings is 2. The Morgan fingerprint density at radius 3 is 1.93 bits per heavy atom. The predicted molar refractivity (Wildman–Crippen MR) is 106 cm³/mol. The van der Waals surface area contributed by atoms with E-state index in [2.05, 4.69) is 0 Å². The van der Waals surface area contributed by atoms with Crippen molar-refractivity contribution in [3.8, 4) is 11.8 Å². The van der Waals surface area contributed by atoms with E-state index in [1.54, 1.807) is 0 Å². The fourth-order valence-corrected chi connectivity index (χ4v) is 3.07. The van der Waals surface area contributed by atoms with Crippen molar-refractivity contribution < 1.29 is 14.6 Å². The number of carbonyl (C=O) groups is 1. The number of hydrogen-bond acceptors (Lipinski definition) is 4. The van der Waals surface area contributed by atoms with Gasteiger partial charge in [-0.05, 0) is 46.2 Å². The van der Waals surface area contributed by atoms with E-state index in [-0.39, 0.29) is 23.2 Å². The zero-order valence-corrected chi connectivity index (χ0v) is 16.4. The Hall–Kier alpha value is -3.06. The molecule has 140 valence electrons. The molecule has 0 radical (unpaired) electrons. The summed E-state index contributed by atoms with van der Waals surface area (Å²) in [6.07, 6.45) is 0. The molecule has 4 nitrogen and oxygen atoms in total. The van der Waals surface area contributed by atoms with Crippen molar-refractivity contribution in [2.24, 2.45) is 0 Å². The molecule has 0 bridgehead atoms. The highest BCUT2D eigenvalue weighted by atomic mass is 16.5. The molecule has 4 heteroatoms. The maximum absolute atomic E-state index is 12.3. The van der Waals surface area contributed by atoms with Crippen molar-refractivity contribution in [2.45, 2.75) is 39.5 Å². The first-order valence-corrected chi connectivity index (χ1v) is 8.97. The molecule has 2 rings (SSSR count). The molecule has 2 aromatic carbocycles. The van der Waals surface area contributed by atoms with E-state index in [0.717, 1.165) is 16.7 Å². The molecule has 0 saturated carbocycles. The lowest BCUT2D eigenvalue weighted by molar-refractivity contribution is -0.135. The lowest BCUT2D eigenvalue weighted by atomic mass is 9.86. The van der Waals surface area contributed by atoms with E-state index < -0.39 is 5.97 Å². The summed E-state index contributed by atoms with van der Waals surface area (Å²) in [5.41, 5.74) is 3.48. The van der Waals surface area contributed by atoms with Crippen LogP contribution in [0.5, 0.6) is 5.75 Å². The summed E-state index contributed by atoms with van der Waals surface area (Å²) in [4.78, 5) is 12.3. The number of aromatic hydroxyl groups is 1. The lowest BCUT2D eigenvalue weighted by Crippen LogP contribution is -2.08. The fraction of sp³-hybridized carbons (Fsp3) is 0.304. The minimum absolute atomic E-state index is 0.0567. The van der Waals surface area contributed by atoms with E-state index in [4.69, 9.17) is 4.74 Å². The lowest BCUT2D eigenvalue weighted by Gasteiger charge is -2.19. The zero-order chi connectivity index (χ0) is 20.1. The molecule has 0 aromatic heterocycles. The molecule has 0 heterocycles. The average Bonchev–Trinajstić information content (AvgIpc) is 2.66. The van der Waals surface area contributed by atoms with Gasteiger partial charge in [0.2, 0.25) is 0 Å². The van der Waals surface area contributed by atoms with E-state index in [1.807, 2.05) is 76.2 Å². The summed E-state index contributed by atoms with van der Waals surface area (Å²) in [6.45, 7) is 8.00. The smallest absolute Gasteiger partial charge is 0.349 e. The van der Waals surface area contributed by atoms with Crippen molar-refractivity contribution in [3.05, 3.63) is 70.3 Å². The highest BCUT2D eigenvalue weighted by Crippen LogP contribution is 2.38. The number of nitrogens with zero attached hydrogens (tertiary/aromatic N) is 1. The summed E-state index contributed by atoms with van der Waals surface area (Å²) in [7, 11) is 1.26. The van der Waals surface area contributed by atoms with Crippen molar-refractivity contribution in [1.82, 2.24) is 0 Å². The van der Waals surface area contributed by atoms with Gasteiger partial charge in [0.15, 0.2) is 0 Å². The van der Waals surface area contributed by atoms with Crippen LogP contribution in [0.15, 0.2) is 48.0 Å². The molecule has 1 N–H and O–H groups in total. The van der Waals surface area contributed by atoms with Crippen LogP contribution in [-0.2, 0) is 9.53 Å². The summed E-state index contributed by atoms with van der Waals surface area (Å²) >= 11 is 0. The van der Waals surface area contributed by atoms with Gasteiger partial charge in [-0.3, -0.25) is 0 Å². The first kappa shape index (κ1) is 20.3. The molecular weight excluding hydrogens is 338 g/mol. The van der Waals surface area contributed by atoms with Crippen LogP contribution in [0.25, 0.3) is 5.57 Å². The Kier molecular flexibility index (Phi) is 6.41. The van der Waals surface area contributed by atoms with Gasteiger partial charge >= 0.3 is 5.97 Å². The SMILES string of the molecule is COC(=O)C(C#N)=C(c1ccccc1)c1cc(C(C)C)c(O)c(C(C)C)c1. The van der Waals surface area contributed by atoms with E-state index in [1.165, 1.54) is 7.11 Å². The number of ether oxygens (including phenoxy) is 1. The maximum Gasteiger partial charge on any atom is 0.349 e. The second-order valence-electron chi connectivity index (χ2n) is 7.03. The summed E-state index contributed by atoms with van der Waals surface area (Å²) in [5, 5.41) is 20.4. The number of hydrogen-bond donors (Lipinski definition) is 1. The molecule has 0 fully saturated rings. The fourth-order valence-electron chi connectivity index (χ4n) is 3.07. The normalized spacial score (nSPS) is 11.9. The van der Waals surface area contributed by atoms with Crippen LogP contribution >= 0.6 is 0 Å². The van der Waals surface area contributed by atoms with E-state index >= 15 is 0 Å². The number of methoxy groups -OCH3 is 1. The van der Waals surface area contributed by atoms with Gasteiger partial charge in [0.25, 0.3) is 0 Å². The van der Waals surface area contributed by atoms with Crippen LogP contribution in [0.3, 0.4) is 0 Å². The minimum Gasteiger partial charge on any atom is -0.507 e. The molecule has 0 aliphatic carbocycles. The van der Waals surface area contributed by atoms with E-state index in [0.29, 0.717) is 11.1 Å². The third kappa shape index (κ3) is 4.20. The topological polar surface area (TPSA) is 70.3 Å². The summed E-state index contributed by atoms with van der Waals surface area (Å²) in [6, 6.07) is 15.0. The Morgan fingerprint density at radius 2 is 1.52 bits per heavy atom. The maximum atomic E-state index is 12.3. The zero-order valence-electron chi connectivity index (χ0n) is 16.4. The van der Waals surface area contributed by atoms with Crippen LogP contribution in [0.4, 0.5) is 0 Å². The standard InChI is InChI=1S/C23H25NO3/c1-14(2)18-11-17(12-19(15(3)4)22(18)25)21(16-9-7-6-8-10-16)20(13-24)23(26)27-5/h6-12,14-15,25H,1-5H3. The second kappa shape index (κ2) is 8.55. The van der Waals surface area contributed by atoms with Gasteiger partial charge in [0.05, 0.1) is 7.11 Å². The van der Waals surface area contributed by atoms with Crippen molar-refractivity contribution in [1.29, 1.82) is 5.26 Å². The molecule has 0 aliphatic heterocycles. The van der Waals surface area contributed by atoms with Gasteiger partial charge in [0, 0.05) is 5.57 Å². The number of phenols is 1. The number of carbonyl (C=O) groups excluding carboxylic acids is 1. The number of rotatable bonds is 5. The number of phenolic OH excluding ortho intramolecular Hbond substituents is 1. The van der Waals surface area contributed by atoms with Gasteiger partial charge in [-0.15, -0.1) is 0 Å². The first-order valence-electron chi connectivity index (χ1n) is 8.97. The molecular formula is C23H25NO3. The van der Waals surface area contributed by atoms with Crippen LogP contribution in [-0.4, -0.2) is 18.2 Å². The Morgan fingerprint density at radius 1 is 1.00 bits per heavy atom. The monoisotopic (exact) mass is 363 g/mol. The largest absolute Gasteiger partial charge is 0.507 e. The van der Waals surface area contributed by atoms with Crippen LogP contribution in [0.2, 0.25) is 0 Å². The van der Waals surface area contributed by atoms with Crippen molar-refractivity contribution >= 4 is 11.5 Å². The predicted octanol–water partition coefficient (Wildman–Crippen LogP) is 5.14. The number of esters is 1. The summed E-state index contributed by atoms with van der Waals surface area (Å²) < 4.78 is 4.84. The van der Waals surface area contributed by atoms with Gasteiger partial charge in [0.1, 0.15) is 17.4 Å². The van der Waals surface area contributed by atoms with Crippen molar-refractivity contribution in [3.63, 3.8) is 0 Å². The molecule has 0 spiro atoms. The van der Waals surface area contributed by atoms with Gasteiger partial charge < -0.3 is 9.84 Å². The highest BCUT2D eigenvalue weighted by molar-refractivity contribution is 6.05. The minimum atomic E-state index is -0.679. The molecule has 0 unspecified atom stereocenters. The van der Waals surface area contributed by atoms with E-state index in [9.17, 15) is 15.2 Å². The van der Waals surface area contributed by atoms with Gasteiger partial charge in [-0.2, -0.15) is 5.26 Å². The number of nitriles is 1. The molecule has 0 saturated heterocycles. The first-order chi connectivity index (χ1) is 12.8. The molecule has 0 atom stereocenters. The average molecular weight is 363 g/mol. The molecule has 27 heavy (non-hydrogen) atoms. The van der Waals surface area contributed by atoms with Crippen LogP contribution < -0.4 is 0 Å². The van der Waals surface area contributed by atoms with Crippen molar-refractivity contribution in [2.75, 3.05) is 7.11 Å². The molecule has 0 amide bonds. The highest BCUT2D eigenvalue weighted by Gasteiger charge is 2.22. The Bertz CT molecular complexity index is 874. The van der Waals surface area contributed by atoms with Gasteiger partial charge in [-0.25, -0.2) is 4.79 Å². The Balaban J connectivity index is 2.92. The summed E-state index contributed by atoms with van der Waals surface area (Å²) in [5.74, 6) is -0.236. The third-order valence-corrected chi connectivity index (χ3v) is 4.52. The van der Waals surface area contributed by atoms with Crippen LogP contribution in [0, 0.1) is 11.3 Å². The van der Waals surface area contributed by atoms with Gasteiger partial charge in [-0.1, -0.05) is 58.0 Å².